The monoisotopic (exact) mass is 553 g/mol. The molecule has 0 unspecified atom stereocenters. The van der Waals surface area contributed by atoms with Crippen LogP contribution in [0.1, 0.15) is 90.2 Å². The van der Waals surface area contributed by atoms with E-state index < -0.39 is 0 Å². The Kier molecular flexibility index (Phi) is 7.86. The Morgan fingerprint density at radius 3 is 2.60 bits per heavy atom. The molecule has 0 radical (unpaired) electrons. The third kappa shape index (κ3) is 4.75. The van der Waals surface area contributed by atoms with Gasteiger partial charge >= 0.3 is 0 Å². The SMILES string of the molecule is C[C@H](CCC(=O)N1CCO[C@H](c2ccccc2)C1)[C@@H]1CC[C@@H]2[C@@H]3[C@H](O)C[C@H]4C[C@H](O)CC[C@]4(C)[C@@H]3C[C@H](O)[C@@]21C. The fraction of sp³-hybridized carbons (Fsp3) is 0.794. The van der Waals surface area contributed by atoms with Gasteiger partial charge in [0.1, 0.15) is 6.10 Å². The average molecular weight is 554 g/mol. The Morgan fingerprint density at radius 2 is 1.82 bits per heavy atom. The predicted molar refractivity (Wildman–Crippen MR) is 154 cm³/mol. The van der Waals surface area contributed by atoms with E-state index >= 15 is 0 Å². The Balaban J connectivity index is 1.11. The van der Waals surface area contributed by atoms with Crippen molar-refractivity contribution in [2.45, 2.75) is 103 Å². The number of hydrogen-bond donors (Lipinski definition) is 3. The van der Waals surface area contributed by atoms with Gasteiger partial charge in [-0.3, -0.25) is 4.79 Å². The van der Waals surface area contributed by atoms with Gasteiger partial charge in [-0.15, -0.1) is 0 Å². The molecule has 1 aromatic rings. The zero-order valence-electron chi connectivity index (χ0n) is 24.8. The lowest BCUT2D eigenvalue weighted by atomic mass is 9.43. The molecule has 12 atom stereocenters. The number of aliphatic hydroxyl groups excluding tert-OH is 3. The Labute approximate surface area is 240 Å². The maximum Gasteiger partial charge on any atom is 0.222 e. The number of carbonyl (C=O) groups excluding carboxylic acids is 1. The average Bonchev–Trinajstić information content (AvgIpc) is 3.32. The van der Waals surface area contributed by atoms with Crippen LogP contribution in [0.2, 0.25) is 0 Å². The Morgan fingerprint density at radius 1 is 1.05 bits per heavy atom. The molecular weight excluding hydrogens is 502 g/mol. The molecule has 40 heavy (non-hydrogen) atoms. The fourth-order valence-corrected chi connectivity index (χ4v) is 10.6. The highest BCUT2D eigenvalue weighted by molar-refractivity contribution is 5.76. The molecule has 5 aliphatic rings. The molecule has 1 heterocycles. The van der Waals surface area contributed by atoms with Crippen LogP contribution in [0.3, 0.4) is 0 Å². The molecule has 3 N–H and O–H groups in total. The summed E-state index contributed by atoms with van der Waals surface area (Å²) in [6.45, 7) is 8.80. The van der Waals surface area contributed by atoms with Gasteiger partial charge in [-0.2, -0.15) is 0 Å². The van der Waals surface area contributed by atoms with Crippen LogP contribution in [0.25, 0.3) is 0 Å². The summed E-state index contributed by atoms with van der Waals surface area (Å²) in [4.78, 5) is 15.3. The van der Waals surface area contributed by atoms with E-state index in [9.17, 15) is 20.1 Å². The van der Waals surface area contributed by atoms with E-state index in [1.54, 1.807) is 0 Å². The van der Waals surface area contributed by atoms with E-state index in [1.807, 2.05) is 23.1 Å². The maximum atomic E-state index is 13.3. The van der Waals surface area contributed by atoms with Gasteiger partial charge in [0.25, 0.3) is 0 Å². The summed E-state index contributed by atoms with van der Waals surface area (Å²) >= 11 is 0. The first kappa shape index (κ1) is 28.6. The van der Waals surface area contributed by atoms with Gasteiger partial charge in [-0.1, -0.05) is 51.1 Å². The topological polar surface area (TPSA) is 90.2 Å². The lowest BCUT2D eigenvalue weighted by Crippen LogP contribution is -2.62. The van der Waals surface area contributed by atoms with Crippen molar-refractivity contribution in [2.24, 2.45) is 46.3 Å². The molecular formula is C34H51NO5. The summed E-state index contributed by atoms with van der Waals surface area (Å²) in [5.41, 5.74) is 0.994. The van der Waals surface area contributed by atoms with Gasteiger partial charge in [0, 0.05) is 13.0 Å². The summed E-state index contributed by atoms with van der Waals surface area (Å²) in [6, 6.07) is 10.2. The molecule has 6 heteroatoms. The normalized spacial score (nSPS) is 45.8. The molecule has 1 aliphatic heterocycles. The van der Waals surface area contributed by atoms with Crippen molar-refractivity contribution in [3.63, 3.8) is 0 Å². The highest BCUT2D eigenvalue weighted by atomic mass is 16.5. The van der Waals surface area contributed by atoms with E-state index in [1.165, 1.54) is 0 Å². The van der Waals surface area contributed by atoms with E-state index in [0.29, 0.717) is 55.7 Å². The molecule has 1 amide bonds. The largest absolute Gasteiger partial charge is 0.393 e. The predicted octanol–water partition coefficient (Wildman–Crippen LogP) is 4.96. The first-order chi connectivity index (χ1) is 19.1. The maximum absolute atomic E-state index is 13.3. The zero-order chi connectivity index (χ0) is 28.2. The number of benzene rings is 1. The van der Waals surface area contributed by atoms with Crippen molar-refractivity contribution >= 4 is 5.91 Å². The molecule has 1 aromatic carbocycles. The van der Waals surface area contributed by atoms with Crippen molar-refractivity contribution in [2.75, 3.05) is 19.7 Å². The second kappa shape index (κ2) is 11.0. The lowest BCUT2D eigenvalue weighted by molar-refractivity contribution is -0.207. The smallest absolute Gasteiger partial charge is 0.222 e. The van der Waals surface area contributed by atoms with Crippen LogP contribution in [0, 0.1) is 46.3 Å². The fourth-order valence-electron chi connectivity index (χ4n) is 10.6. The van der Waals surface area contributed by atoms with Crippen LogP contribution in [0.15, 0.2) is 30.3 Å². The zero-order valence-corrected chi connectivity index (χ0v) is 24.8. The number of amides is 1. The van der Waals surface area contributed by atoms with Crippen LogP contribution < -0.4 is 0 Å². The minimum Gasteiger partial charge on any atom is -0.393 e. The van der Waals surface area contributed by atoms with Crippen LogP contribution in [-0.4, -0.2) is 64.1 Å². The van der Waals surface area contributed by atoms with Gasteiger partial charge in [0.2, 0.25) is 5.91 Å². The van der Waals surface area contributed by atoms with Crippen molar-refractivity contribution in [3.05, 3.63) is 35.9 Å². The number of nitrogens with zero attached hydrogens (tertiary/aromatic N) is 1. The van der Waals surface area contributed by atoms with E-state index in [2.05, 4.69) is 32.9 Å². The Hall–Kier alpha value is -1.47. The minimum absolute atomic E-state index is 0.0630. The van der Waals surface area contributed by atoms with Crippen LogP contribution in [-0.2, 0) is 9.53 Å². The number of ether oxygens (including phenoxy) is 1. The van der Waals surface area contributed by atoms with E-state index in [-0.39, 0.29) is 47.1 Å². The van der Waals surface area contributed by atoms with Crippen LogP contribution in [0.5, 0.6) is 0 Å². The molecule has 1 saturated heterocycles. The Bertz CT molecular complexity index is 1050. The number of aliphatic hydroxyl groups is 3. The summed E-state index contributed by atoms with van der Waals surface area (Å²) < 4.78 is 5.98. The van der Waals surface area contributed by atoms with Crippen molar-refractivity contribution in [1.29, 1.82) is 0 Å². The van der Waals surface area contributed by atoms with Gasteiger partial charge in [-0.05, 0) is 103 Å². The lowest BCUT2D eigenvalue weighted by Gasteiger charge is -2.63. The molecule has 4 saturated carbocycles. The number of morpholine rings is 1. The van der Waals surface area contributed by atoms with Gasteiger partial charge < -0.3 is 25.0 Å². The van der Waals surface area contributed by atoms with Crippen molar-refractivity contribution in [3.8, 4) is 0 Å². The summed E-state index contributed by atoms with van der Waals surface area (Å²) in [5.74, 6) is 2.10. The number of fused-ring (bicyclic) bond motifs is 5. The second-order valence-corrected chi connectivity index (χ2v) is 14.7. The molecule has 0 spiro atoms. The molecule has 222 valence electrons. The summed E-state index contributed by atoms with van der Waals surface area (Å²) in [6.07, 6.45) is 6.62. The molecule has 0 bridgehead atoms. The van der Waals surface area contributed by atoms with Gasteiger partial charge in [-0.25, -0.2) is 0 Å². The van der Waals surface area contributed by atoms with Crippen LogP contribution >= 0.6 is 0 Å². The summed E-state index contributed by atoms with van der Waals surface area (Å²) in [7, 11) is 0. The number of carbonyl (C=O) groups is 1. The third-order valence-corrected chi connectivity index (χ3v) is 12.9. The molecule has 4 aliphatic carbocycles. The minimum atomic E-state index is -0.384. The van der Waals surface area contributed by atoms with Crippen LogP contribution in [0.4, 0.5) is 0 Å². The van der Waals surface area contributed by atoms with E-state index in [4.69, 9.17) is 4.74 Å². The highest BCUT2D eigenvalue weighted by Crippen LogP contribution is 2.68. The highest BCUT2D eigenvalue weighted by Gasteiger charge is 2.65. The molecule has 0 aromatic heterocycles. The van der Waals surface area contributed by atoms with E-state index in [0.717, 1.165) is 56.9 Å². The molecule has 6 rings (SSSR count). The van der Waals surface area contributed by atoms with Gasteiger partial charge in [0.15, 0.2) is 0 Å². The second-order valence-electron chi connectivity index (χ2n) is 14.7. The first-order valence-electron chi connectivity index (χ1n) is 16.1. The number of hydrogen-bond acceptors (Lipinski definition) is 5. The quantitative estimate of drug-likeness (QED) is 0.479. The first-order valence-corrected chi connectivity index (χ1v) is 16.1. The van der Waals surface area contributed by atoms with Gasteiger partial charge in [0.05, 0.1) is 31.5 Å². The standard InChI is InChI=1S/C34H51NO5/c1-21(9-12-31(39)35-15-16-40-29(20-35)22-7-5-4-6-8-22)25-10-11-26-32-27(19-30(38)34(25,26)3)33(2)14-13-24(36)17-23(33)18-28(32)37/h4-8,21,23-30,32,36-38H,9-20H2,1-3H3/t21-,23-,24-,25+,26-,27-,28-,29+,30+,32+,33+,34-/m1/s1. The molecule has 6 nitrogen and oxygen atoms in total. The summed E-state index contributed by atoms with van der Waals surface area (Å²) in [5, 5.41) is 33.7. The number of rotatable bonds is 5. The van der Waals surface area contributed by atoms with Crippen molar-refractivity contribution < 1.29 is 24.9 Å². The molecule has 5 fully saturated rings. The third-order valence-electron chi connectivity index (χ3n) is 12.9. The van der Waals surface area contributed by atoms with Crippen molar-refractivity contribution in [1.82, 2.24) is 4.90 Å².